The number of fused-ring (bicyclic) bond motifs is 2. The van der Waals surface area contributed by atoms with Crippen molar-refractivity contribution < 1.29 is 46.1 Å². The Labute approximate surface area is 252 Å². The van der Waals surface area contributed by atoms with E-state index in [1.54, 1.807) is 0 Å². The van der Waals surface area contributed by atoms with Crippen LogP contribution >= 0.6 is 15.0 Å². The number of aliphatic hydroxyl groups excluding tert-OH is 1. The molecule has 2 aliphatic heterocycles. The molecule has 45 heavy (non-hydrogen) atoms. The van der Waals surface area contributed by atoms with Gasteiger partial charge >= 0.3 is 7.60 Å². The number of hydrogen-bond acceptors (Lipinski definition) is 15. The van der Waals surface area contributed by atoms with Crippen LogP contribution in [0.1, 0.15) is 12.5 Å². The van der Waals surface area contributed by atoms with Crippen LogP contribution in [0.4, 0.5) is 14.6 Å². The zero-order chi connectivity index (χ0) is 32.3. The predicted octanol–water partition coefficient (Wildman–Crippen LogP) is 1.15. The molecule has 9 atom stereocenters. The minimum atomic E-state index is -4.17. The lowest BCUT2D eigenvalue weighted by atomic mass is 10.1. The molecule has 4 aromatic rings. The molecule has 4 aromatic heterocycles. The van der Waals surface area contributed by atoms with Gasteiger partial charge in [0.15, 0.2) is 54.8 Å². The molecule has 2 fully saturated rings. The minimum absolute atomic E-state index is 0.0170. The molecule has 2 saturated heterocycles. The molecule has 0 amide bonds. The highest BCUT2D eigenvalue weighted by Crippen LogP contribution is 2.51. The van der Waals surface area contributed by atoms with Crippen molar-refractivity contribution in [3.63, 3.8) is 0 Å². The number of ether oxygens (including phenoxy) is 2. The number of rotatable bonds is 10. The van der Waals surface area contributed by atoms with E-state index in [4.69, 9.17) is 28.8 Å². The van der Waals surface area contributed by atoms with Gasteiger partial charge in [0.1, 0.15) is 36.3 Å². The normalized spacial score (nSPS) is 30.4. The molecule has 244 valence electrons. The first-order chi connectivity index (χ1) is 21.3. The van der Waals surface area contributed by atoms with Gasteiger partial charge in [-0.3, -0.25) is 27.6 Å². The van der Waals surface area contributed by atoms with Crippen molar-refractivity contribution in [2.24, 2.45) is 0 Å². The van der Waals surface area contributed by atoms with Crippen LogP contribution in [0.2, 0.25) is 0 Å². The molecule has 1 unspecified atom stereocenters. The summed E-state index contributed by atoms with van der Waals surface area (Å²) in [6.45, 7) is 2.33. The van der Waals surface area contributed by atoms with Crippen LogP contribution in [0, 0.1) is 0 Å². The Balaban J connectivity index is 1.19. The molecule has 6 heterocycles. The molecule has 4 N–H and O–H groups in total. The van der Waals surface area contributed by atoms with Crippen LogP contribution in [0.5, 0.6) is 0 Å². The Morgan fingerprint density at radius 1 is 0.933 bits per heavy atom. The van der Waals surface area contributed by atoms with Crippen LogP contribution in [-0.2, 0) is 32.2 Å². The average Bonchev–Trinajstić information content (AvgIpc) is 3.73. The first kappa shape index (κ1) is 31.7. The summed E-state index contributed by atoms with van der Waals surface area (Å²) in [6.07, 6.45) is -7.69. The fourth-order valence-corrected chi connectivity index (χ4v) is 7.24. The van der Waals surface area contributed by atoms with E-state index in [0.29, 0.717) is 0 Å². The monoisotopic (exact) mass is 675 g/mol. The van der Waals surface area contributed by atoms with E-state index in [1.807, 2.05) is 0 Å². The van der Waals surface area contributed by atoms with Gasteiger partial charge < -0.3 is 34.3 Å². The Bertz CT molecular complexity index is 1870. The topological polar surface area (TPSA) is 234 Å². The lowest BCUT2D eigenvalue weighted by Crippen LogP contribution is -2.35. The molecule has 6 rings (SSSR count). The zero-order valence-electron chi connectivity index (χ0n) is 23.9. The van der Waals surface area contributed by atoms with E-state index >= 15 is 8.78 Å². The molecule has 2 aliphatic rings. The van der Waals surface area contributed by atoms with Crippen LogP contribution in [0.15, 0.2) is 30.1 Å². The van der Waals surface area contributed by atoms with Gasteiger partial charge in [0.05, 0.1) is 32.2 Å². The van der Waals surface area contributed by atoms with Crippen molar-refractivity contribution >= 4 is 43.1 Å². The van der Waals surface area contributed by atoms with Crippen LogP contribution in [0.25, 0.3) is 22.3 Å². The molecular weight excluding hydrogens is 646 g/mol. The number of anilines is 1. The lowest BCUT2D eigenvalue weighted by molar-refractivity contribution is -0.0499. The van der Waals surface area contributed by atoms with Crippen molar-refractivity contribution in [3.8, 4) is 0 Å². The van der Waals surface area contributed by atoms with Crippen molar-refractivity contribution in [3.05, 3.63) is 35.7 Å². The van der Waals surface area contributed by atoms with Gasteiger partial charge in [-0.1, -0.05) is 0 Å². The molecule has 0 saturated carbocycles. The summed E-state index contributed by atoms with van der Waals surface area (Å²) in [5, 5.41) is 9.88. The third kappa shape index (κ3) is 6.04. The quantitative estimate of drug-likeness (QED) is 0.200. The van der Waals surface area contributed by atoms with Crippen LogP contribution < -0.4 is 11.3 Å². The number of H-pyrrole nitrogens is 1. The van der Waals surface area contributed by atoms with Gasteiger partial charge in [0.25, 0.3) is 5.56 Å². The van der Waals surface area contributed by atoms with Crippen molar-refractivity contribution in [2.75, 3.05) is 38.9 Å². The van der Waals surface area contributed by atoms with Gasteiger partial charge in [-0.05, 0) is 0 Å². The Morgan fingerprint density at radius 3 is 2.18 bits per heavy atom. The van der Waals surface area contributed by atoms with Gasteiger partial charge in [0, 0.05) is 20.0 Å². The zero-order valence-corrected chi connectivity index (χ0v) is 25.7. The van der Waals surface area contributed by atoms with Gasteiger partial charge in [-0.15, -0.1) is 0 Å². The summed E-state index contributed by atoms with van der Waals surface area (Å²) < 4.78 is 88.2. The minimum Gasteiger partial charge on any atom is -0.394 e. The van der Waals surface area contributed by atoms with Crippen molar-refractivity contribution in [1.29, 1.82) is 0 Å². The third-order valence-electron chi connectivity index (χ3n) is 7.18. The second kappa shape index (κ2) is 11.9. The summed E-state index contributed by atoms with van der Waals surface area (Å²) in [4.78, 5) is 34.4. The fourth-order valence-electron chi connectivity index (χ4n) is 5.23. The number of nitrogen functional groups attached to an aromatic ring is 1. The number of aromatic amines is 1. The maximum atomic E-state index is 15.9. The van der Waals surface area contributed by atoms with Gasteiger partial charge in [-0.25, -0.2) is 33.7 Å². The Hall–Kier alpha value is -3.22. The SMILES string of the molecule is CP(C)(=O)O[C@H]1[C@@H](F)[C@H](n2cnc3c(N)ncnc32)O[C@@H]1COP(C)(=O)O[C@H]1[C@@H](F)[C@H](n2cnc3c(=O)[nH]cnc32)O[C@@H]1CO. The summed E-state index contributed by atoms with van der Waals surface area (Å²) in [5.74, 6) is 0.0622. The number of nitrogens with one attached hydrogen (secondary N) is 1. The molecule has 18 nitrogen and oxygen atoms in total. The standard InChI is InChI=1S/C23H29F2N9O9P2/c1-44(2,37)42-17-11(41-23(13(17)25)33-8-31-14-18(26)27-6-28-19(14)33)5-39-45(3,38)43-16-10(4-35)40-22(12(16)24)34-9-32-15-20(34)29-7-30-21(15)36/h6-13,16-17,22-23,35H,4-5H2,1-3H3,(H2,26,27,28)(H,29,30,36)/t10-,11-,12-,13-,16-,17-,22-,23-,45?/m1/s1. The second-order valence-corrected chi connectivity index (χ2v) is 15.5. The first-order valence-electron chi connectivity index (χ1n) is 13.4. The van der Waals surface area contributed by atoms with Crippen LogP contribution in [-0.4, -0.2) is 114 Å². The summed E-state index contributed by atoms with van der Waals surface area (Å²) in [5.41, 5.74) is 5.61. The number of imidazole rings is 2. The predicted molar refractivity (Wildman–Crippen MR) is 151 cm³/mol. The van der Waals surface area contributed by atoms with E-state index < -0.39 is 83.0 Å². The van der Waals surface area contributed by atoms with Crippen molar-refractivity contribution in [1.82, 2.24) is 39.0 Å². The average molecular weight is 675 g/mol. The largest absolute Gasteiger partial charge is 0.394 e. The number of nitrogens with two attached hydrogens (primary N) is 1. The molecule has 22 heteroatoms. The van der Waals surface area contributed by atoms with E-state index in [1.165, 1.54) is 30.6 Å². The highest BCUT2D eigenvalue weighted by molar-refractivity contribution is 7.57. The number of aromatic nitrogens is 8. The molecule has 0 aliphatic carbocycles. The van der Waals surface area contributed by atoms with Crippen LogP contribution in [0.3, 0.4) is 0 Å². The van der Waals surface area contributed by atoms with Gasteiger partial charge in [-0.2, -0.15) is 0 Å². The van der Waals surface area contributed by atoms with E-state index in [9.17, 15) is 19.0 Å². The Kier molecular flexibility index (Phi) is 8.36. The highest BCUT2D eigenvalue weighted by Gasteiger charge is 2.52. The van der Waals surface area contributed by atoms with E-state index in [2.05, 4.69) is 29.9 Å². The summed E-state index contributed by atoms with van der Waals surface area (Å²) in [7, 11) is -7.46. The smallest absolute Gasteiger partial charge is 0.328 e. The number of alkyl halides is 2. The van der Waals surface area contributed by atoms with Crippen molar-refractivity contribution in [2.45, 2.75) is 49.2 Å². The third-order valence-corrected chi connectivity index (χ3v) is 9.17. The number of halogens is 2. The van der Waals surface area contributed by atoms with Gasteiger partial charge in [0.2, 0.25) is 0 Å². The van der Waals surface area contributed by atoms with E-state index in [0.717, 1.165) is 23.9 Å². The maximum Gasteiger partial charge on any atom is 0.328 e. The summed E-state index contributed by atoms with van der Waals surface area (Å²) in [6, 6.07) is 0. The fraction of sp³-hybridized carbons (Fsp3) is 0.565. The maximum absolute atomic E-state index is 15.9. The molecule has 0 aromatic carbocycles. The number of aliphatic hydroxyl groups is 1. The molecule has 0 radical (unpaired) electrons. The lowest BCUT2D eigenvalue weighted by Gasteiger charge is -2.25. The first-order valence-corrected chi connectivity index (χ1v) is 18.0. The highest BCUT2D eigenvalue weighted by atomic mass is 31.2. The summed E-state index contributed by atoms with van der Waals surface area (Å²) >= 11 is 0. The number of nitrogens with zero attached hydrogens (tertiary/aromatic N) is 7. The Morgan fingerprint density at radius 2 is 1.53 bits per heavy atom. The molecule has 0 bridgehead atoms. The molecular formula is C23H29F2N9O9P2. The van der Waals surface area contributed by atoms with E-state index in [-0.39, 0.29) is 28.1 Å². The molecule has 0 spiro atoms. The number of hydrogen-bond donors (Lipinski definition) is 3. The second-order valence-electron chi connectivity index (χ2n) is 10.8.